The molecular formula is C20H19N3O9. The zero-order valence-corrected chi connectivity index (χ0v) is 16.7. The minimum atomic E-state index is -2.79. The number of benzene rings is 1. The molecule has 1 aromatic rings. The SMILES string of the molecule is C[C@H]1c2c(N)cc([N+](=O)[O-])c(O)c2C(=O)C2C(=O)[C@]3(O)C(=O)C(C(N)=O)C(=O)C[C@@H]3C[C@@H]21. The van der Waals surface area contributed by atoms with Crippen molar-refractivity contribution in [2.45, 2.75) is 31.3 Å². The molecule has 0 aliphatic heterocycles. The molecule has 6 N–H and O–H groups in total. The van der Waals surface area contributed by atoms with Crippen LogP contribution in [0.25, 0.3) is 0 Å². The average Bonchev–Trinajstić information content (AvgIpc) is 2.69. The number of anilines is 1. The number of rotatable bonds is 2. The molecule has 0 aromatic heterocycles. The van der Waals surface area contributed by atoms with Crippen molar-refractivity contribution in [2.24, 2.45) is 29.4 Å². The molecule has 32 heavy (non-hydrogen) atoms. The van der Waals surface area contributed by atoms with Gasteiger partial charge in [-0.15, -0.1) is 0 Å². The monoisotopic (exact) mass is 445 g/mol. The van der Waals surface area contributed by atoms with Crippen LogP contribution in [0.2, 0.25) is 0 Å². The lowest BCUT2D eigenvalue weighted by Crippen LogP contribution is -2.68. The summed E-state index contributed by atoms with van der Waals surface area (Å²) in [6.07, 6.45) is -0.557. The van der Waals surface area contributed by atoms with Gasteiger partial charge < -0.3 is 21.7 Å². The average molecular weight is 445 g/mol. The van der Waals surface area contributed by atoms with Crippen LogP contribution in [0, 0.1) is 33.8 Å². The van der Waals surface area contributed by atoms with Crippen molar-refractivity contribution < 1.29 is 39.1 Å². The molecule has 1 amide bonds. The van der Waals surface area contributed by atoms with Crippen molar-refractivity contribution in [2.75, 3.05) is 5.73 Å². The molecule has 6 atom stereocenters. The van der Waals surface area contributed by atoms with Gasteiger partial charge in [-0.05, 0) is 23.8 Å². The van der Waals surface area contributed by atoms with Crippen LogP contribution in [0.5, 0.6) is 5.75 Å². The molecule has 0 spiro atoms. The van der Waals surface area contributed by atoms with Crippen molar-refractivity contribution in [1.82, 2.24) is 0 Å². The summed E-state index contributed by atoms with van der Waals surface area (Å²) in [5, 5.41) is 32.8. The molecule has 0 radical (unpaired) electrons. The minimum absolute atomic E-state index is 0.0978. The van der Waals surface area contributed by atoms with Crippen molar-refractivity contribution in [3.63, 3.8) is 0 Å². The molecule has 12 heteroatoms. The Hall–Kier alpha value is -3.67. The Kier molecular flexibility index (Phi) is 4.49. The number of Topliss-reactive ketones (excluding diaryl/α,β-unsaturated/α-hetero) is 4. The molecule has 2 unspecified atom stereocenters. The van der Waals surface area contributed by atoms with E-state index >= 15 is 0 Å². The highest BCUT2D eigenvalue weighted by Gasteiger charge is 2.67. The molecule has 0 heterocycles. The number of fused-ring (bicyclic) bond motifs is 3. The number of amides is 1. The highest BCUT2D eigenvalue weighted by Crippen LogP contribution is 2.55. The topological polar surface area (TPSA) is 221 Å². The van der Waals surface area contributed by atoms with E-state index in [-0.39, 0.29) is 17.7 Å². The fraction of sp³-hybridized carbons (Fsp3) is 0.450. The molecule has 2 saturated carbocycles. The number of nitrogens with zero attached hydrogens (tertiary/aromatic N) is 1. The van der Waals surface area contributed by atoms with Crippen molar-refractivity contribution in [1.29, 1.82) is 0 Å². The Labute approximate surface area is 179 Å². The number of aromatic hydroxyl groups is 1. The molecular weight excluding hydrogens is 426 g/mol. The number of nitrogens with two attached hydrogens (primary N) is 2. The standard InChI is InChI=1S/C20H19N3O9/c1-5-7-2-6-3-10(24)13(19(22)29)18(28)20(6,30)17(27)12(7)16(26)14-11(5)8(21)4-9(15(14)25)23(31)32/h4-7,12-13,25,30H,2-3,21H2,1H3,(H2,22,29)/t5-,6+,7-,12?,13?,20+/m1/s1. The first-order valence-electron chi connectivity index (χ1n) is 9.80. The van der Waals surface area contributed by atoms with Crippen molar-refractivity contribution in [3.8, 4) is 5.75 Å². The van der Waals surface area contributed by atoms with Crippen LogP contribution < -0.4 is 11.5 Å². The number of phenols is 1. The van der Waals surface area contributed by atoms with Gasteiger partial charge in [0.1, 0.15) is 0 Å². The second kappa shape index (κ2) is 6.66. The predicted octanol–water partition coefficient (Wildman–Crippen LogP) is -0.622. The van der Waals surface area contributed by atoms with Gasteiger partial charge in [0.2, 0.25) is 11.7 Å². The fourth-order valence-electron chi connectivity index (χ4n) is 5.58. The Morgan fingerprint density at radius 2 is 1.88 bits per heavy atom. The van der Waals surface area contributed by atoms with Crippen molar-refractivity contribution >= 4 is 40.4 Å². The first-order chi connectivity index (χ1) is 14.8. The number of phenolic OH excluding ortho intramolecular Hbond substituents is 1. The summed E-state index contributed by atoms with van der Waals surface area (Å²) < 4.78 is 0. The lowest BCUT2D eigenvalue weighted by atomic mass is 9.52. The third-order valence-corrected chi connectivity index (χ3v) is 7.10. The Morgan fingerprint density at radius 1 is 1.25 bits per heavy atom. The van der Waals surface area contributed by atoms with E-state index < -0.39 is 92.6 Å². The van der Waals surface area contributed by atoms with Crippen LogP contribution in [0.15, 0.2) is 6.07 Å². The predicted molar refractivity (Wildman–Crippen MR) is 104 cm³/mol. The molecule has 2 fully saturated rings. The summed E-state index contributed by atoms with van der Waals surface area (Å²) >= 11 is 0. The van der Waals surface area contributed by atoms with Crippen LogP contribution in [0.3, 0.4) is 0 Å². The Bertz CT molecular complexity index is 1160. The first-order valence-corrected chi connectivity index (χ1v) is 9.80. The second-order valence-electron chi connectivity index (χ2n) is 8.61. The zero-order valence-electron chi connectivity index (χ0n) is 16.7. The molecule has 0 saturated heterocycles. The number of nitro groups is 1. The fourth-order valence-corrected chi connectivity index (χ4v) is 5.58. The van der Waals surface area contributed by atoms with E-state index in [0.29, 0.717) is 0 Å². The van der Waals surface area contributed by atoms with E-state index in [2.05, 4.69) is 0 Å². The van der Waals surface area contributed by atoms with Gasteiger partial charge in [0, 0.05) is 24.1 Å². The lowest BCUT2D eigenvalue weighted by molar-refractivity contribution is -0.385. The molecule has 4 rings (SSSR count). The van der Waals surface area contributed by atoms with Gasteiger partial charge in [0.25, 0.3) is 0 Å². The van der Waals surface area contributed by atoms with E-state index in [9.17, 15) is 44.3 Å². The van der Waals surface area contributed by atoms with Crippen LogP contribution in [0.1, 0.15) is 41.6 Å². The van der Waals surface area contributed by atoms with Crippen LogP contribution >= 0.6 is 0 Å². The molecule has 0 bridgehead atoms. The number of nitrogen functional groups attached to an aromatic ring is 1. The zero-order chi connectivity index (χ0) is 23.9. The molecule has 12 nitrogen and oxygen atoms in total. The van der Waals surface area contributed by atoms with Gasteiger partial charge in [-0.3, -0.25) is 34.1 Å². The number of carbonyl (C=O) groups excluding carboxylic acids is 5. The second-order valence-corrected chi connectivity index (χ2v) is 8.61. The smallest absolute Gasteiger partial charge is 0.313 e. The van der Waals surface area contributed by atoms with E-state index in [1.807, 2.05) is 0 Å². The van der Waals surface area contributed by atoms with Crippen molar-refractivity contribution in [3.05, 3.63) is 27.3 Å². The molecule has 1 aromatic carbocycles. The van der Waals surface area contributed by atoms with E-state index in [1.165, 1.54) is 0 Å². The quantitative estimate of drug-likeness (QED) is 0.148. The van der Waals surface area contributed by atoms with Crippen LogP contribution in [-0.4, -0.2) is 49.8 Å². The first kappa shape index (κ1) is 21.6. The van der Waals surface area contributed by atoms with Gasteiger partial charge in [-0.25, -0.2) is 0 Å². The van der Waals surface area contributed by atoms with Gasteiger partial charge in [0.05, 0.1) is 16.4 Å². The third kappa shape index (κ3) is 2.49. The number of hydrogen-bond donors (Lipinski definition) is 4. The minimum Gasteiger partial charge on any atom is -0.502 e. The molecule has 3 aliphatic rings. The number of hydrogen-bond acceptors (Lipinski definition) is 10. The number of ketones is 4. The molecule has 168 valence electrons. The highest BCUT2D eigenvalue weighted by molar-refractivity contribution is 6.31. The summed E-state index contributed by atoms with van der Waals surface area (Å²) in [5.74, 6) is -13.0. The largest absolute Gasteiger partial charge is 0.502 e. The maximum absolute atomic E-state index is 13.4. The highest BCUT2D eigenvalue weighted by atomic mass is 16.6. The summed E-state index contributed by atoms with van der Waals surface area (Å²) in [7, 11) is 0. The number of carbonyl (C=O) groups is 5. The summed E-state index contributed by atoms with van der Waals surface area (Å²) in [4.78, 5) is 73.8. The van der Waals surface area contributed by atoms with E-state index in [4.69, 9.17) is 11.5 Å². The summed E-state index contributed by atoms with van der Waals surface area (Å²) in [6.45, 7) is 1.60. The summed E-state index contributed by atoms with van der Waals surface area (Å²) in [6, 6.07) is 0.921. The van der Waals surface area contributed by atoms with E-state index in [1.54, 1.807) is 6.92 Å². The van der Waals surface area contributed by atoms with Crippen LogP contribution in [-0.2, 0) is 19.2 Å². The van der Waals surface area contributed by atoms with Gasteiger partial charge >= 0.3 is 5.69 Å². The third-order valence-electron chi connectivity index (χ3n) is 7.10. The number of primary amides is 1. The molecule has 3 aliphatic carbocycles. The summed E-state index contributed by atoms with van der Waals surface area (Å²) in [5.41, 5.74) is 6.95. The van der Waals surface area contributed by atoms with Crippen LogP contribution in [0.4, 0.5) is 11.4 Å². The Balaban J connectivity index is 1.89. The number of nitro benzene ring substituents is 1. The lowest BCUT2D eigenvalue weighted by Gasteiger charge is -2.50. The van der Waals surface area contributed by atoms with E-state index in [0.717, 1.165) is 6.07 Å². The maximum atomic E-state index is 13.4. The van der Waals surface area contributed by atoms with Gasteiger partial charge in [-0.1, -0.05) is 6.92 Å². The van der Waals surface area contributed by atoms with Gasteiger partial charge in [0.15, 0.2) is 34.7 Å². The normalized spacial score (nSPS) is 33.9. The van der Waals surface area contributed by atoms with Gasteiger partial charge in [-0.2, -0.15) is 0 Å². The number of aliphatic hydroxyl groups is 1. The maximum Gasteiger partial charge on any atom is 0.313 e. The Morgan fingerprint density at radius 3 is 2.44 bits per heavy atom.